The van der Waals surface area contributed by atoms with Crippen molar-refractivity contribution < 1.29 is 23.9 Å². The number of hydrogen-bond donors (Lipinski definition) is 3. The predicted molar refractivity (Wildman–Crippen MR) is 65.0 cm³/mol. The van der Waals surface area contributed by atoms with Crippen LogP contribution in [0.3, 0.4) is 0 Å². The Labute approximate surface area is 109 Å². The lowest BCUT2D eigenvalue weighted by Gasteiger charge is -2.13. The summed E-state index contributed by atoms with van der Waals surface area (Å²) in [5.74, 6) is -1.55. The number of carboxylic acids is 1. The molecule has 0 bridgehead atoms. The van der Waals surface area contributed by atoms with Crippen LogP contribution in [0.25, 0.3) is 0 Å². The van der Waals surface area contributed by atoms with Crippen molar-refractivity contribution in [1.82, 2.24) is 5.32 Å². The first-order valence-corrected chi connectivity index (χ1v) is 5.82. The second-order valence-electron chi connectivity index (χ2n) is 4.04. The van der Waals surface area contributed by atoms with E-state index in [0.717, 1.165) is 0 Å². The van der Waals surface area contributed by atoms with E-state index in [4.69, 9.17) is 15.3 Å². The predicted octanol–water partition coefficient (Wildman–Crippen LogP) is 0.0471. The third-order valence-corrected chi connectivity index (χ3v) is 2.49. The van der Waals surface area contributed by atoms with Crippen molar-refractivity contribution in [3.05, 3.63) is 24.2 Å². The minimum Gasteiger partial charge on any atom is -0.480 e. The van der Waals surface area contributed by atoms with Gasteiger partial charge in [-0.15, -0.1) is 0 Å². The minimum atomic E-state index is -1.19. The number of nitrogens with one attached hydrogen (secondary N) is 1. The molecule has 0 unspecified atom stereocenters. The standard InChI is InChI=1S/C12H16N2O5/c13-10(15)5-4-9(12(17)18)14-11(16)6-3-8-2-1-7-19-8/h1-2,7,9H,3-6H2,(H2,13,15)(H,14,16)(H,17,18)/t9-/m0/s1. The van der Waals surface area contributed by atoms with E-state index in [1.807, 2.05) is 0 Å². The first-order valence-electron chi connectivity index (χ1n) is 5.82. The van der Waals surface area contributed by atoms with Gasteiger partial charge in [0, 0.05) is 19.3 Å². The molecule has 1 aromatic heterocycles. The third-order valence-electron chi connectivity index (χ3n) is 2.49. The van der Waals surface area contributed by atoms with Crippen molar-refractivity contribution >= 4 is 17.8 Å². The average Bonchev–Trinajstić information content (AvgIpc) is 2.84. The smallest absolute Gasteiger partial charge is 0.326 e. The van der Waals surface area contributed by atoms with Crippen molar-refractivity contribution in [1.29, 1.82) is 0 Å². The molecule has 0 fully saturated rings. The Morgan fingerprint density at radius 2 is 2.11 bits per heavy atom. The van der Waals surface area contributed by atoms with E-state index in [9.17, 15) is 14.4 Å². The lowest BCUT2D eigenvalue weighted by molar-refractivity contribution is -0.142. The highest BCUT2D eigenvalue weighted by Crippen LogP contribution is 2.04. The first kappa shape index (κ1) is 14.7. The van der Waals surface area contributed by atoms with E-state index >= 15 is 0 Å². The molecule has 104 valence electrons. The molecule has 0 aliphatic carbocycles. The number of nitrogens with two attached hydrogens (primary N) is 1. The SMILES string of the molecule is NC(=O)CC[C@H](NC(=O)CCc1ccco1)C(=O)O. The molecular weight excluding hydrogens is 252 g/mol. The monoisotopic (exact) mass is 268 g/mol. The van der Waals surface area contributed by atoms with Crippen LogP contribution < -0.4 is 11.1 Å². The van der Waals surface area contributed by atoms with E-state index in [2.05, 4.69) is 5.32 Å². The molecule has 4 N–H and O–H groups in total. The summed E-state index contributed by atoms with van der Waals surface area (Å²) < 4.78 is 5.06. The fourth-order valence-electron chi connectivity index (χ4n) is 1.50. The first-order chi connectivity index (χ1) is 8.99. The number of aryl methyl sites for hydroxylation is 1. The molecule has 0 aromatic carbocycles. The zero-order valence-corrected chi connectivity index (χ0v) is 10.3. The second kappa shape index (κ2) is 7.20. The van der Waals surface area contributed by atoms with E-state index in [1.54, 1.807) is 12.1 Å². The quantitative estimate of drug-likeness (QED) is 0.614. The summed E-state index contributed by atoms with van der Waals surface area (Å²) in [7, 11) is 0. The average molecular weight is 268 g/mol. The molecule has 1 heterocycles. The second-order valence-corrected chi connectivity index (χ2v) is 4.04. The molecule has 0 saturated carbocycles. The number of carbonyl (C=O) groups is 3. The molecule has 1 atom stereocenters. The van der Waals surface area contributed by atoms with Crippen LogP contribution in [0.2, 0.25) is 0 Å². The zero-order valence-electron chi connectivity index (χ0n) is 10.3. The third kappa shape index (κ3) is 5.71. The Balaban J connectivity index is 2.38. The lowest BCUT2D eigenvalue weighted by Crippen LogP contribution is -2.41. The van der Waals surface area contributed by atoms with Crippen LogP contribution in [0, 0.1) is 0 Å². The molecule has 0 spiro atoms. The molecule has 19 heavy (non-hydrogen) atoms. The molecule has 1 aromatic rings. The van der Waals surface area contributed by atoms with Gasteiger partial charge in [0.2, 0.25) is 11.8 Å². The van der Waals surface area contributed by atoms with Gasteiger partial charge < -0.3 is 20.6 Å². The normalized spacial score (nSPS) is 11.8. The Bertz CT molecular complexity index is 441. The number of carbonyl (C=O) groups excluding carboxylic acids is 2. The highest BCUT2D eigenvalue weighted by atomic mass is 16.4. The van der Waals surface area contributed by atoms with Gasteiger partial charge in [0.05, 0.1) is 6.26 Å². The lowest BCUT2D eigenvalue weighted by atomic mass is 10.1. The van der Waals surface area contributed by atoms with E-state index in [1.165, 1.54) is 6.26 Å². The Morgan fingerprint density at radius 3 is 2.63 bits per heavy atom. The van der Waals surface area contributed by atoms with E-state index in [-0.39, 0.29) is 19.3 Å². The maximum Gasteiger partial charge on any atom is 0.326 e. The number of aliphatic carboxylic acids is 1. The summed E-state index contributed by atoms with van der Waals surface area (Å²) in [6, 6.07) is 2.34. The fourth-order valence-corrected chi connectivity index (χ4v) is 1.50. The highest BCUT2D eigenvalue weighted by molar-refractivity contribution is 5.84. The van der Waals surface area contributed by atoms with Gasteiger partial charge >= 0.3 is 5.97 Å². The fraction of sp³-hybridized carbons (Fsp3) is 0.417. The van der Waals surface area contributed by atoms with Crippen molar-refractivity contribution in [2.45, 2.75) is 31.7 Å². The molecule has 0 aliphatic heterocycles. The summed E-state index contributed by atoms with van der Waals surface area (Å²) in [6.45, 7) is 0. The van der Waals surface area contributed by atoms with Crippen LogP contribution in [0.4, 0.5) is 0 Å². The van der Waals surface area contributed by atoms with Crippen LogP contribution in [-0.4, -0.2) is 28.9 Å². The number of rotatable bonds is 8. The van der Waals surface area contributed by atoms with Gasteiger partial charge in [-0.3, -0.25) is 9.59 Å². The molecule has 0 radical (unpaired) electrons. The number of primary amides is 1. The van der Waals surface area contributed by atoms with Gasteiger partial charge in [0.25, 0.3) is 0 Å². The van der Waals surface area contributed by atoms with Crippen molar-refractivity contribution in [2.24, 2.45) is 5.73 Å². The van der Waals surface area contributed by atoms with Crippen LogP contribution in [-0.2, 0) is 20.8 Å². The largest absolute Gasteiger partial charge is 0.480 e. The van der Waals surface area contributed by atoms with Crippen LogP contribution in [0.1, 0.15) is 25.0 Å². The van der Waals surface area contributed by atoms with Crippen LogP contribution in [0.5, 0.6) is 0 Å². The Kier molecular flexibility index (Phi) is 5.59. The number of carboxylic acid groups (broad SMARTS) is 1. The number of amides is 2. The van der Waals surface area contributed by atoms with Gasteiger partial charge in [-0.25, -0.2) is 4.79 Å². The van der Waals surface area contributed by atoms with Gasteiger partial charge in [0.1, 0.15) is 11.8 Å². The minimum absolute atomic E-state index is 0.0167. The molecular formula is C12H16N2O5. The van der Waals surface area contributed by atoms with Gasteiger partial charge in [-0.2, -0.15) is 0 Å². The van der Waals surface area contributed by atoms with E-state index in [0.29, 0.717) is 12.2 Å². The number of hydrogen-bond acceptors (Lipinski definition) is 4. The Hall–Kier alpha value is -2.31. The van der Waals surface area contributed by atoms with Crippen molar-refractivity contribution in [3.63, 3.8) is 0 Å². The zero-order chi connectivity index (χ0) is 14.3. The molecule has 7 heteroatoms. The molecule has 1 rings (SSSR count). The number of furan rings is 1. The molecule has 2 amide bonds. The van der Waals surface area contributed by atoms with Crippen LogP contribution in [0.15, 0.2) is 22.8 Å². The summed E-state index contributed by atoms with van der Waals surface area (Å²) >= 11 is 0. The maximum absolute atomic E-state index is 11.6. The van der Waals surface area contributed by atoms with Gasteiger partial charge in [-0.05, 0) is 18.6 Å². The summed E-state index contributed by atoms with van der Waals surface area (Å²) in [6.07, 6.45) is 1.90. The molecule has 7 nitrogen and oxygen atoms in total. The van der Waals surface area contributed by atoms with Crippen molar-refractivity contribution in [3.8, 4) is 0 Å². The molecule has 0 saturated heterocycles. The Morgan fingerprint density at radius 1 is 1.37 bits per heavy atom. The van der Waals surface area contributed by atoms with Gasteiger partial charge in [0.15, 0.2) is 0 Å². The maximum atomic E-state index is 11.6. The topological polar surface area (TPSA) is 123 Å². The summed E-state index contributed by atoms with van der Waals surface area (Å²) in [4.78, 5) is 33.1. The van der Waals surface area contributed by atoms with Crippen molar-refractivity contribution in [2.75, 3.05) is 0 Å². The highest BCUT2D eigenvalue weighted by Gasteiger charge is 2.20. The molecule has 0 aliphatic rings. The van der Waals surface area contributed by atoms with Crippen LogP contribution >= 0.6 is 0 Å². The van der Waals surface area contributed by atoms with E-state index < -0.39 is 23.8 Å². The summed E-state index contributed by atoms with van der Waals surface area (Å²) in [5.41, 5.74) is 4.94. The van der Waals surface area contributed by atoms with Gasteiger partial charge in [-0.1, -0.05) is 0 Å². The summed E-state index contributed by atoms with van der Waals surface area (Å²) in [5, 5.41) is 11.2.